The van der Waals surface area contributed by atoms with Gasteiger partial charge < -0.3 is 9.47 Å². The number of hydrogen-bond acceptors (Lipinski definition) is 5. The average molecular weight is 589 g/mol. The molecule has 4 aromatic rings. The summed E-state index contributed by atoms with van der Waals surface area (Å²) in [5.74, 6) is 0.857. The fourth-order valence-corrected chi connectivity index (χ4v) is 5.72. The molecule has 38 heavy (non-hydrogen) atoms. The van der Waals surface area contributed by atoms with Crippen molar-refractivity contribution in [2.24, 2.45) is 0 Å². The predicted molar refractivity (Wildman–Crippen MR) is 156 cm³/mol. The second-order valence-corrected chi connectivity index (χ2v) is 10.7. The molecule has 4 aromatic carbocycles. The number of ether oxygens (including phenoxy) is 2. The molecule has 5 nitrogen and oxygen atoms in total. The Balaban J connectivity index is 1.29. The highest BCUT2D eigenvalue weighted by atomic mass is 79.9. The van der Waals surface area contributed by atoms with Gasteiger partial charge in [0.05, 0.1) is 12.0 Å². The van der Waals surface area contributed by atoms with E-state index < -0.39 is 0 Å². The molecule has 0 spiro atoms. The monoisotopic (exact) mass is 587 g/mol. The molecule has 0 unspecified atom stereocenters. The van der Waals surface area contributed by atoms with Gasteiger partial charge in [-0.15, -0.1) is 0 Å². The molecule has 1 aliphatic rings. The molecule has 7 heteroatoms. The van der Waals surface area contributed by atoms with Crippen molar-refractivity contribution in [1.29, 1.82) is 0 Å². The van der Waals surface area contributed by atoms with Crippen molar-refractivity contribution in [2.75, 3.05) is 13.7 Å². The van der Waals surface area contributed by atoms with E-state index in [2.05, 4.69) is 34.1 Å². The quantitative estimate of drug-likeness (QED) is 0.186. The molecule has 192 valence electrons. The topological polar surface area (TPSA) is 55.8 Å². The van der Waals surface area contributed by atoms with E-state index in [1.165, 1.54) is 10.5 Å². The lowest BCUT2D eigenvalue weighted by molar-refractivity contribution is -0.122. The number of benzene rings is 4. The molecule has 0 saturated carbocycles. The van der Waals surface area contributed by atoms with Gasteiger partial charge in [0.2, 0.25) is 0 Å². The molecule has 0 aliphatic carbocycles. The maximum absolute atomic E-state index is 13.0. The van der Waals surface area contributed by atoms with Gasteiger partial charge in [0.1, 0.15) is 6.61 Å². The van der Waals surface area contributed by atoms with Crippen molar-refractivity contribution >= 4 is 55.7 Å². The molecule has 0 aromatic heterocycles. The van der Waals surface area contributed by atoms with Gasteiger partial charge in [-0.1, -0.05) is 88.7 Å². The fraction of sp³-hybridized carbons (Fsp3) is 0.161. The first-order chi connectivity index (χ1) is 18.5. The summed E-state index contributed by atoms with van der Waals surface area (Å²) in [5.41, 5.74) is 2.99. The standard InChI is InChI=1S/C31H26BrNO4S/c1-36-27-17-24(18-29-30(34)33(31(35)38-29)16-8-11-21-9-3-2-4-10-21)26(32)19-28(27)37-20-23-14-7-13-22-12-5-6-15-25(22)23/h2-7,9-10,12-15,17-19H,8,11,16,20H2,1H3/b29-18+. The molecule has 0 bridgehead atoms. The first kappa shape index (κ1) is 26.1. The van der Waals surface area contributed by atoms with Crippen LogP contribution >= 0.6 is 27.7 Å². The lowest BCUT2D eigenvalue weighted by atomic mass is 10.1. The first-order valence-electron chi connectivity index (χ1n) is 12.3. The van der Waals surface area contributed by atoms with Crippen LogP contribution in [-0.2, 0) is 17.8 Å². The number of amides is 2. The third kappa shape index (κ3) is 5.79. The highest BCUT2D eigenvalue weighted by Crippen LogP contribution is 2.38. The zero-order chi connectivity index (χ0) is 26.5. The van der Waals surface area contributed by atoms with E-state index >= 15 is 0 Å². The Morgan fingerprint density at radius 3 is 2.50 bits per heavy atom. The SMILES string of the molecule is COc1cc(/C=C2/SC(=O)N(CCCc3ccccc3)C2=O)c(Br)cc1OCc1cccc2ccccc12. The van der Waals surface area contributed by atoms with E-state index in [4.69, 9.17) is 9.47 Å². The van der Waals surface area contributed by atoms with Crippen molar-refractivity contribution < 1.29 is 19.1 Å². The summed E-state index contributed by atoms with van der Waals surface area (Å²) in [5, 5.41) is 2.06. The lowest BCUT2D eigenvalue weighted by Crippen LogP contribution is -2.29. The normalized spacial score (nSPS) is 14.5. The number of hydrogen-bond donors (Lipinski definition) is 0. The van der Waals surface area contributed by atoms with Crippen LogP contribution in [0.5, 0.6) is 11.5 Å². The van der Waals surface area contributed by atoms with Crippen LogP contribution in [0.25, 0.3) is 16.8 Å². The van der Waals surface area contributed by atoms with Crippen LogP contribution in [-0.4, -0.2) is 29.7 Å². The molecule has 2 amide bonds. The Kier molecular flexibility index (Phi) is 8.15. The molecular formula is C31H26BrNO4S. The maximum Gasteiger partial charge on any atom is 0.293 e. The van der Waals surface area contributed by atoms with Crippen LogP contribution in [0.2, 0.25) is 0 Å². The molecule has 0 N–H and O–H groups in total. The number of methoxy groups -OCH3 is 1. The Morgan fingerprint density at radius 1 is 0.921 bits per heavy atom. The second-order valence-electron chi connectivity index (χ2n) is 8.87. The van der Waals surface area contributed by atoms with Crippen molar-refractivity contribution in [3.8, 4) is 11.5 Å². The number of imide groups is 1. The summed E-state index contributed by atoms with van der Waals surface area (Å²) >= 11 is 4.57. The van der Waals surface area contributed by atoms with Crippen molar-refractivity contribution in [2.45, 2.75) is 19.4 Å². The van der Waals surface area contributed by atoms with Crippen LogP contribution in [0.4, 0.5) is 4.79 Å². The van der Waals surface area contributed by atoms with E-state index in [1.807, 2.05) is 66.7 Å². The molecule has 1 heterocycles. The molecule has 5 rings (SSSR count). The zero-order valence-electron chi connectivity index (χ0n) is 20.9. The van der Waals surface area contributed by atoms with Crippen LogP contribution in [0, 0.1) is 0 Å². The number of halogens is 1. The van der Waals surface area contributed by atoms with E-state index in [-0.39, 0.29) is 11.1 Å². The minimum absolute atomic E-state index is 0.243. The summed E-state index contributed by atoms with van der Waals surface area (Å²) in [7, 11) is 1.58. The van der Waals surface area contributed by atoms with Gasteiger partial charge in [-0.2, -0.15) is 0 Å². The van der Waals surface area contributed by atoms with Crippen LogP contribution in [0.1, 0.15) is 23.1 Å². The Hall–Kier alpha value is -3.55. The van der Waals surface area contributed by atoms with Gasteiger partial charge in [0, 0.05) is 11.0 Å². The molecular weight excluding hydrogens is 562 g/mol. The highest BCUT2D eigenvalue weighted by Gasteiger charge is 2.34. The first-order valence-corrected chi connectivity index (χ1v) is 13.9. The summed E-state index contributed by atoms with van der Waals surface area (Å²) < 4.78 is 12.5. The number of fused-ring (bicyclic) bond motifs is 1. The number of rotatable bonds is 9. The number of nitrogens with zero attached hydrogens (tertiary/aromatic N) is 1. The van der Waals surface area contributed by atoms with Crippen molar-refractivity contribution in [3.63, 3.8) is 0 Å². The van der Waals surface area contributed by atoms with E-state index in [0.717, 1.165) is 51.0 Å². The number of carbonyl (C=O) groups excluding carboxylic acids is 2. The highest BCUT2D eigenvalue weighted by molar-refractivity contribution is 9.10. The van der Waals surface area contributed by atoms with Gasteiger partial charge >= 0.3 is 0 Å². The largest absolute Gasteiger partial charge is 0.493 e. The summed E-state index contributed by atoms with van der Waals surface area (Å²) in [4.78, 5) is 27.3. The number of thioether (sulfide) groups is 1. The minimum Gasteiger partial charge on any atom is -0.493 e. The van der Waals surface area contributed by atoms with Crippen LogP contribution in [0.3, 0.4) is 0 Å². The fourth-order valence-electron chi connectivity index (χ4n) is 4.43. The molecule has 1 saturated heterocycles. The van der Waals surface area contributed by atoms with Gasteiger partial charge in [0.25, 0.3) is 11.1 Å². The zero-order valence-corrected chi connectivity index (χ0v) is 23.3. The van der Waals surface area contributed by atoms with Crippen molar-refractivity contribution in [3.05, 3.63) is 111 Å². The molecule has 1 aliphatic heterocycles. The van der Waals surface area contributed by atoms with E-state index in [1.54, 1.807) is 13.2 Å². The van der Waals surface area contributed by atoms with Gasteiger partial charge in [0.15, 0.2) is 11.5 Å². The third-order valence-corrected chi connectivity index (χ3v) is 7.99. The number of aryl methyl sites for hydroxylation is 1. The van der Waals surface area contributed by atoms with E-state index in [9.17, 15) is 9.59 Å². The maximum atomic E-state index is 13.0. The van der Waals surface area contributed by atoms with Gasteiger partial charge in [-0.3, -0.25) is 14.5 Å². The molecule has 0 radical (unpaired) electrons. The Labute approximate surface area is 234 Å². The summed E-state index contributed by atoms with van der Waals surface area (Å²) in [6.07, 6.45) is 3.25. The van der Waals surface area contributed by atoms with Crippen LogP contribution < -0.4 is 9.47 Å². The van der Waals surface area contributed by atoms with Crippen molar-refractivity contribution in [1.82, 2.24) is 4.90 Å². The minimum atomic E-state index is -0.268. The number of carbonyl (C=O) groups is 2. The Bertz CT molecular complexity index is 1510. The lowest BCUT2D eigenvalue weighted by Gasteiger charge is -2.14. The second kappa shape index (κ2) is 11.9. The summed E-state index contributed by atoms with van der Waals surface area (Å²) in [6.45, 7) is 0.772. The predicted octanol–water partition coefficient (Wildman–Crippen LogP) is 7.86. The van der Waals surface area contributed by atoms with Gasteiger partial charge in [-0.25, -0.2) is 0 Å². The molecule has 0 atom stereocenters. The smallest absolute Gasteiger partial charge is 0.293 e. The van der Waals surface area contributed by atoms with Gasteiger partial charge in [-0.05, 0) is 70.3 Å². The third-order valence-electron chi connectivity index (χ3n) is 6.40. The van der Waals surface area contributed by atoms with E-state index in [0.29, 0.717) is 29.6 Å². The molecule has 1 fully saturated rings. The average Bonchev–Trinajstić information content (AvgIpc) is 3.21. The van der Waals surface area contributed by atoms with Crippen LogP contribution in [0.15, 0.2) is 94.3 Å². The summed E-state index contributed by atoms with van der Waals surface area (Å²) in [6, 6.07) is 28.0. The Morgan fingerprint density at radius 2 is 1.68 bits per heavy atom.